The summed E-state index contributed by atoms with van der Waals surface area (Å²) in [6, 6.07) is 0.774. The molecule has 0 aromatic heterocycles. The Hall–Kier alpha value is -1.65. The highest BCUT2D eigenvalue weighted by atomic mass is 28.3. The summed E-state index contributed by atoms with van der Waals surface area (Å²) >= 11 is 0. The molecular weight excluding hydrogens is 464 g/mol. The third-order valence-corrected chi connectivity index (χ3v) is 9.43. The Bertz CT molecular complexity index is 757. The van der Waals surface area contributed by atoms with Crippen LogP contribution in [-0.4, -0.2) is 87.1 Å². The van der Waals surface area contributed by atoms with Crippen LogP contribution in [0.15, 0.2) is 0 Å². The number of carbonyl (C=O) groups is 3. The molecule has 1 atom stereocenters. The number of urea groups is 2. The average molecular weight is 511 g/mol. The van der Waals surface area contributed by atoms with Crippen LogP contribution in [0.4, 0.5) is 9.59 Å². The predicted molar refractivity (Wildman–Crippen MR) is 138 cm³/mol. The van der Waals surface area contributed by atoms with E-state index in [1.165, 1.54) is 4.90 Å². The number of nitrogens with zero attached hydrogens (tertiary/aromatic N) is 2. The minimum atomic E-state index is -1.25. The van der Waals surface area contributed by atoms with Crippen LogP contribution in [0.3, 0.4) is 0 Å². The molecule has 2 aliphatic heterocycles. The van der Waals surface area contributed by atoms with Gasteiger partial charge in [-0.2, -0.15) is 0 Å². The van der Waals surface area contributed by atoms with E-state index >= 15 is 0 Å². The van der Waals surface area contributed by atoms with E-state index in [9.17, 15) is 14.4 Å². The van der Waals surface area contributed by atoms with E-state index in [0.29, 0.717) is 32.7 Å². The summed E-state index contributed by atoms with van der Waals surface area (Å²) in [6.45, 7) is 13.6. The van der Waals surface area contributed by atoms with E-state index < -0.39 is 13.6 Å². The molecule has 3 fully saturated rings. The first-order valence-corrected chi connectivity index (χ1v) is 17.0. The molecular formula is C25H46N4O5Si. The average Bonchev–Trinajstić information content (AvgIpc) is 3.35. The van der Waals surface area contributed by atoms with E-state index in [4.69, 9.17) is 9.47 Å². The van der Waals surface area contributed by atoms with Crippen molar-refractivity contribution in [3.8, 4) is 0 Å². The molecule has 2 N–H and O–H groups in total. The molecule has 1 saturated carbocycles. The number of hydrogen-bond acceptors (Lipinski definition) is 5. The van der Waals surface area contributed by atoms with Crippen molar-refractivity contribution < 1.29 is 23.9 Å². The van der Waals surface area contributed by atoms with Gasteiger partial charge in [0.05, 0.1) is 6.61 Å². The van der Waals surface area contributed by atoms with E-state index in [1.807, 2.05) is 0 Å². The lowest BCUT2D eigenvalue weighted by atomic mass is 9.73. The Balaban J connectivity index is 1.58. The van der Waals surface area contributed by atoms with E-state index in [0.717, 1.165) is 44.6 Å². The molecule has 0 unspecified atom stereocenters. The monoisotopic (exact) mass is 510 g/mol. The molecule has 0 aromatic carbocycles. The number of unbranched alkanes of at least 4 members (excludes halogenated alkanes) is 1. The fourth-order valence-electron chi connectivity index (χ4n) is 5.20. The molecule has 200 valence electrons. The fourth-order valence-corrected chi connectivity index (χ4v) is 5.96. The second-order valence-corrected chi connectivity index (χ2v) is 17.7. The van der Waals surface area contributed by atoms with Crippen LogP contribution in [0.25, 0.3) is 0 Å². The molecule has 2 heterocycles. The van der Waals surface area contributed by atoms with Crippen LogP contribution < -0.4 is 10.6 Å². The Kier molecular flexibility index (Phi) is 9.26. The highest BCUT2D eigenvalue weighted by Gasteiger charge is 2.60. The molecule has 3 rings (SSSR count). The Labute approximate surface area is 211 Å². The number of rotatable bonds is 11. The van der Waals surface area contributed by atoms with Crippen molar-refractivity contribution in [1.82, 2.24) is 20.4 Å². The van der Waals surface area contributed by atoms with Crippen molar-refractivity contribution in [2.45, 2.75) is 96.1 Å². The maximum absolute atomic E-state index is 13.5. The predicted octanol–water partition coefficient (Wildman–Crippen LogP) is 3.77. The molecule has 2 saturated heterocycles. The number of nitrogens with one attached hydrogen (secondary N) is 2. The minimum absolute atomic E-state index is 0.0102. The Morgan fingerprint density at radius 3 is 2.51 bits per heavy atom. The second-order valence-electron chi connectivity index (χ2n) is 12.1. The van der Waals surface area contributed by atoms with Gasteiger partial charge in [0.25, 0.3) is 5.91 Å². The first-order chi connectivity index (χ1) is 16.5. The zero-order chi connectivity index (χ0) is 25.7. The third-order valence-electron chi connectivity index (χ3n) is 7.72. The maximum Gasteiger partial charge on any atom is 0.329 e. The van der Waals surface area contributed by atoms with Gasteiger partial charge < -0.3 is 25.0 Å². The largest absolute Gasteiger partial charge is 0.378 e. The van der Waals surface area contributed by atoms with Crippen molar-refractivity contribution in [2.24, 2.45) is 5.41 Å². The molecule has 1 spiro atoms. The summed E-state index contributed by atoms with van der Waals surface area (Å²) < 4.78 is 11.4. The smallest absolute Gasteiger partial charge is 0.329 e. The number of imide groups is 1. The lowest BCUT2D eigenvalue weighted by Gasteiger charge is -2.42. The van der Waals surface area contributed by atoms with Gasteiger partial charge in [-0.25, -0.2) is 14.5 Å². The summed E-state index contributed by atoms with van der Waals surface area (Å²) in [4.78, 5) is 42.1. The molecule has 1 aliphatic carbocycles. The van der Waals surface area contributed by atoms with Crippen LogP contribution in [0.5, 0.6) is 0 Å². The minimum Gasteiger partial charge on any atom is -0.378 e. The maximum atomic E-state index is 13.5. The second kappa shape index (κ2) is 11.6. The van der Waals surface area contributed by atoms with Gasteiger partial charge in [-0.1, -0.05) is 39.9 Å². The molecule has 9 nitrogen and oxygen atoms in total. The highest BCUT2D eigenvalue weighted by molar-refractivity contribution is 6.76. The van der Waals surface area contributed by atoms with E-state index in [2.05, 4.69) is 44.1 Å². The van der Waals surface area contributed by atoms with Crippen molar-refractivity contribution in [1.29, 1.82) is 0 Å². The van der Waals surface area contributed by atoms with Crippen LogP contribution in [0, 0.1) is 5.41 Å². The number of ether oxygens (including phenoxy) is 2. The van der Waals surface area contributed by atoms with Crippen molar-refractivity contribution in [3.63, 3.8) is 0 Å². The molecule has 35 heavy (non-hydrogen) atoms. The summed E-state index contributed by atoms with van der Waals surface area (Å²) in [5.74, 6) is -0.185. The van der Waals surface area contributed by atoms with Crippen LogP contribution in [0.2, 0.25) is 25.7 Å². The molecule has 0 aromatic rings. The van der Waals surface area contributed by atoms with Gasteiger partial charge in [0.15, 0.2) is 0 Å². The molecule has 0 bridgehead atoms. The van der Waals surface area contributed by atoms with Crippen molar-refractivity contribution >= 4 is 26.0 Å². The summed E-state index contributed by atoms with van der Waals surface area (Å²) in [7, 11) is -1.25. The van der Waals surface area contributed by atoms with E-state index in [1.54, 1.807) is 4.90 Å². The van der Waals surface area contributed by atoms with Crippen LogP contribution in [-0.2, 0) is 14.3 Å². The molecule has 10 heteroatoms. The van der Waals surface area contributed by atoms with Crippen molar-refractivity contribution in [3.05, 3.63) is 0 Å². The third kappa shape index (κ3) is 6.98. The van der Waals surface area contributed by atoms with E-state index in [-0.39, 0.29) is 42.8 Å². The number of hydrogen-bond donors (Lipinski definition) is 2. The van der Waals surface area contributed by atoms with Gasteiger partial charge in [0, 0.05) is 46.8 Å². The van der Waals surface area contributed by atoms with Gasteiger partial charge >= 0.3 is 12.1 Å². The molecule has 0 radical (unpaired) electrons. The van der Waals surface area contributed by atoms with Gasteiger partial charge in [-0.3, -0.25) is 4.79 Å². The number of amides is 5. The Morgan fingerprint density at radius 2 is 1.91 bits per heavy atom. The highest BCUT2D eigenvalue weighted by Crippen LogP contribution is 2.42. The van der Waals surface area contributed by atoms with Crippen molar-refractivity contribution in [2.75, 3.05) is 39.6 Å². The quantitative estimate of drug-likeness (QED) is 0.250. The van der Waals surface area contributed by atoms with Gasteiger partial charge in [0.1, 0.15) is 12.3 Å². The topological polar surface area (TPSA) is 100 Å². The SMILES string of the molecule is CCCCNC(=O)NC1CCC(C)(CN2C(=O)N(COCC[Si](C)(C)C)C(=O)[C@@]23CCOC3)CC1. The van der Waals surface area contributed by atoms with Gasteiger partial charge in [-0.05, 0) is 43.6 Å². The first-order valence-electron chi connectivity index (χ1n) is 13.3. The zero-order valence-electron chi connectivity index (χ0n) is 22.4. The lowest BCUT2D eigenvalue weighted by Crippen LogP contribution is -2.54. The summed E-state index contributed by atoms with van der Waals surface area (Å²) in [5, 5.41) is 6.01. The van der Waals surface area contributed by atoms with Crippen LogP contribution in [0.1, 0.15) is 58.8 Å². The zero-order valence-corrected chi connectivity index (χ0v) is 23.4. The fraction of sp³-hybridized carbons (Fsp3) is 0.880. The molecule has 5 amide bonds. The van der Waals surface area contributed by atoms with Gasteiger partial charge in [0.2, 0.25) is 0 Å². The Morgan fingerprint density at radius 1 is 1.20 bits per heavy atom. The lowest BCUT2D eigenvalue weighted by molar-refractivity contribution is -0.137. The normalized spacial score (nSPS) is 29.3. The van der Waals surface area contributed by atoms with Crippen LogP contribution >= 0.6 is 0 Å². The first kappa shape index (κ1) is 27.9. The summed E-state index contributed by atoms with van der Waals surface area (Å²) in [5.41, 5.74) is -1.02. The standard InChI is InChI=1S/C25H46N4O5Si/c1-6-7-13-26-22(31)27-20-8-10-24(2,11-9-20)17-29-23(32)28(19-34-15-16-35(3,4)5)21(30)25(29)12-14-33-18-25/h20H,6-19H2,1-5H3,(H2,26,27,31)/t20?,24?,25-/m0/s1. The number of carbonyl (C=O) groups excluding carboxylic acids is 3. The van der Waals surface area contributed by atoms with Gasteiger partial charge in [-0.15, -0.1) is 0 Å². The summed E-state index contributed by atoms with van der Waals surface area (Å²) in [6.07, 6.45) is 6.05. The molecule has 3 aliphatic rings.